The van der Waals surface area contributed by atoms with Gasteiger partial charge in [0.2, 0.25) is 5.91 Å². The highest BCUT2D eigenvalue weighted by atomic mass is 32.2. The molecule has 2 amide bonds. The lowest BCUT2D eigenvalue weighted by Crippen LogP contribution is -2.24. The number of hydrogen-bond donors (Lipinski definition) is 0. The SMILES string of the molecule is CN1C(=O)SC(c2cccc3c2ccn3Cc2ccc(F)c(F)c2)C1=O. The molecule has 0 N–H and O–H groups in total. The van der Waals surface area contributed by atoms with Crippen LogP contribution in [0, 0.1) is 11.6 Å². The standard InChI is InChI=1S/C19H14F2N2O2S/c1-22-18(24)17(26-19(22)25)13-3-2-4-16-12(13)7-8-23(16)10-11-5-6-14(20)15(21)9-11/h2-9,17H,10H2,1H3. The molecule has 1 unspecified atom stereocenters. The minimum atomic E-state index is -0.880. The maximum Gasteiger partial charge on any atom is 0.289 e. The Bertz CT molecular complexity index is 1050. The van der Waals surface area contributed by atoms with Gasteiger partial charge in [0.05, 0.1) is 0 Å². The van der Waals surface area contributed by atoms with Gasteiger partial charge < -0.3 is 4.57 Å². The molecule has 0 bridgehead atoms. The monoisotopic (exact) mass is 372 g/mol. The Morgan fingerprint density at radius 2 is 1.88 bits per heavy atom. The topological polar surface area (TPSA) is 42.3 Å². The third kappa shape index (κ3) is 2.68. The fourth-order valence-electron chi connectivity index (χ4n) is 3.14. The van der Waals surface area contributed by atoms with E-state index in [1.54, 1.807) is 0 Å². The number of halogens is 2. The summed E-state index contributed by atoms with van der Waals surface area (Å²) in [5.41, 5.74) is 2.27. The Kier molecular flexibility index (Phi) is 4.03. The number of likely N-dealkylation sites (N-methyl/N-ethyl adjacent to an activating group) is 1. The van der Waals surface area contributed by atoms with Gasteiger partial charge in [-0.1, -0.05) is 18.2 Å². The predicted molar refractivity (Wildman–Crippen MR) is 95.9 cm³/mol. The van der Waals surface area contributed by atoms with Gasteiger partial charge in [-0.15, -0.1) is 0 Å². The van der Waals surface area contributed by atoms with Crippen LogP contribution in [-0.2, 0) is 11.3 Å². The van der Waals surface area contributed by atoms with Gasteiger partial charge in [-0.25, -0.2) is 8.78 Å². The van der Waals surface area contributed by atoms with E-state index in [4.69, 9.17) is 0 Å². The summed E-state index contributed by atoms with van der Waals surface area (Å²) in [6.45, 7) is 0.370. The molecular formula is C19H14F2N2O2S. The number of hydrogen-bond acceptors (Lipinski definition) is 3. The van der Waals surface area contributed by atoms with Crippen LogP contribution in [0.5, 0.6) is 0 Å². The Labute approximate surface area is 152 Å². The average Bonchev–Trinajstić information content (AvgIpc) is 3.15. The molecule has 4 rings (SSSR count). The van der Waals surface area contributed by atoms with Crippen LogP contribution in [0.25, 0.3) is 10.9 Å². The summed E-state index contributed by atoms with van der Waals surface area (Å²) in [7, 11) is 1.48. The van der Waals surface area contributed by atoms with Crippen LogP contribution >= 0.6 is 11.8 Å². The maximum absolute atomic E-state index is 13.4. The lowest BCUT2D eigenvalue weighted by molar-refractivity contribution is -0.125. The van der Waals surface area contributed by atoms with Gasteiger partial charge in [0, 0.05) is 30.7 Å². The quantitative estimate of drug-likeness (QED) is 0.687. The Balaban J connectivity index is 1.72. The van der Waals surface area contributed by atoms with Crippen molar-refractivity contribution in [1.29, 1.82) is 0 Å². The fourth-order valence-corrected chi connectivity index (χ4v) is 4.18. The summed E-state index contributed by atoms with van der Waals surface area (Å²) in [6, 6.07) is 11.3. The molecule has 0 spiro atoms. The lowest BCUT2D eigenvalue weighted by atomic mass is 10.1. The summed E-state index contributed by atoms with van der Waals surface area (Å²) < 4.78 is 28.5. The number of rotatable bonds is 3. The molecule has 26 heavy (non-hydrogen) atoms. The van der Waals surface area contributed by atoms with Crippen molar-refractivity contribution in [2.24, 2.45) is 0 Å². The third-order valence-corrected chi connectivity index (χ3v) is 5.68. The van der Waals surface area contributed by atoms with Crippen LogP contribution < -0.4 is 0 Å². The zero-order valence-electron chi connectivity index (χ0n) is 13.8. The van der Waals surface area contributed by atoms with E-state index in [2.05, 4.69) is 0 Å². The number of carbonyl (C=O) groups excluding carboxylic acids is 2. The first-order chi connectivity index (χ1) is 12.5. The molecule has 2 aromatic carbocycles. The van der Waals surface area contributed by atoms with Gasteiger partial charge in [0.25, 0.3) is 5.24 Å². The molecule has 0 radical (unpaired) electrons. The zero-order valence-corrected chi connectivity index (χ0v) is 14.6. The molecule has 0 aliphatic carbocycles. The van der Waals surface area contributed by atoms with Crippen LogP contribution in [0.15, 0.2) is 48.7 Å². The van der Waals surface area contributed by atoms with Gasteiger partial charge in [-0.05, 0) is 47.2 Å². The molecule has 1 atom stereocenters. The highest BCUT2D eigenvalue weighted by Crippen LogP contribution is 2.41. The van der Waals surface area contributed by atoms with Crippen molar-refractivity contribution >= 4 is 33.8 Å². The summed E-state index contributed by atoms with van der Waals surface area (Å²) in [5.74, 6) is -1.99. The molecule has 4 nitrogen and oxygen atoms in total. The highest BCUT2D eigenvalue weighted by molar-refractivity contribution is 8.15. The van der Waals surface area contributed by atoms with E-state index in [0.29, 0.717) is 12.1 Å². The molecule has 132 valence electrons. The van der Waals surface area contributed by atoms with Crippen LogP contribution in [0.4, 0.5) is 13.6 Å². The van der Waals surface area contributed by atoms with E-state index >= 15 is 0 Å². The Morgan fingerprint density at radius 1 is 1.08 bits per heavy atom. The normalized spacial score (nSPS) is 17.5. The Hall–Kier alpha value is -2.67. The molecule has 2 heterocycles. The van der Waals surface area contributed by atoms with Crippen molar-refractivity contribution in [2.75, 3.05) is 7.05 Å². The van der Waals surface area contributed by atoms with E-state index in [0.717, 1.165) is 39.2 Å². The lowest BCUT2D eigenvalue weighted by Gasteiger charge is -2.11. The second kappa shape index (κ2) is 6.25. The number of nitrogens with zero attached hydrogens (tertiary/aromatic N) is 2. The van der Waals surface area contributed by atoms with E-state index in [-0.39, 0.29) is 11.1 Å². The van der Waals surface area contributed by atoms with E-state index in [9.17, 15) is 18.4 Å². The van der Waals surface area contributed by atoms with Crippen molar-refractivity contribution in [2.45, 2.75) is 11.8 Å². The van der Waals surface area contributed by atoms with Gasteiger partial charge in [0.1, 0.15) is 5.25 Å². The molecule has 1 aliphatic rings. The fraction of sp³-hybridized carbons (Fsp3) is 0.158. The number of benzene rings is 2. The second-order valence-electron chi connectivity index (χ2n) is 6.13. The smallest absolute Gasteiger partial charge is 0.289 e. The molecule has 1 saturated heterocycles. The first kappa shape index (κ1) is 16.8. The second-order valence-corrected chi connectivity index (χ2v) is 7.19. The van der Waals surface area contributed by atoms with E-state index in [1.165, 1.54) is 19.2 Å². The number of amides is 2. The van der Waals surface area contributed by atoms with Gasteiger partial charge in [-0.3, -0.25) is 14.5 Å². The molecule has 1 fully saturated rings. The van der Waals surface area contributed by atoms with Crippen molar-refractivity contribution in [3.63, 3.8) is 0 Å². The highest BCUT2D eigenvalue weighted by Gasteiger charge is 2.38. The largest absolute Gasteiger partial charge is 0.343 e. The van der Waals surface area contributed by atoms with Crippen LogP contribution in [0.2, 0.25) is 0 Å². The first-order valence-corrected chi connectivity index (χ1v) is 8.83. The number of thioether (sulfide) groups is 1. The maximum atomic E-state index is 13.4. The summed E-state index contributed by atoms with van der Waals surface area (Å²) in [6.07, 6.45) is 1.84. The minimum absolute atomic E-state index is 0.235. The average molecular weight is 372 g/mol. The van der Waals surface area contributed by atoms with Crippen LogP contribution in [0.3, 0.4) is 0 Å². The van der Waals surface area contributed by atoms with Gasteiger partial charge in [-0.2, -0.15) is 0 Å². The first-order valence-electron chi connectivity index (χ1n) is 7.95. The van der Waals surface area contributed by atoms with E-state index in [1.807, 2.05) is 35.0 Å². The van der Waals surface area contributed by atoms with Crippen molar-refractivity contribution in [1.82, 2.24) is 9.47 Å². The van der Waals surface area contributed by atoms with Crippen LogP contribution in [0.1, 0.15) is 16.4 Å². The number of carbonyl (C=O) groups is 2. The van der Waals surface area contributed by atoms with E-state index < -0.39 is 16.9 Å². The molecule has 1 aromatic heterocycles. The zero-order chi connectivity index (χ0) is 18.4. The molecule has 7 heteroatoms. The van der Waals surface area contributed by atoms with Crippen molar-refractivity contribution < 1.29 is 18.4 Å². The van der Waals surface area contributed by atoms with Crippen molar-refractivity contribution in [3.8, 4) is 0 Å². The molecule has 3 aromatic rings. The number of fused-ring (bicyclic) bond motifs is 1. The van der Waals surface area contributed by atoms with Crippen LogP contribution in [-0.4, -0.2) is 27.7 Å². The number of imide groups is 1. The molecule has 1 aliphatic heterocycles. The molecular weight excluding hydrogens is 358 g/mol. The Morgan fingerprint density at radius 3 is 2.58 bits per heavy atom. The third-order valence-electron chi connectivity index (χ3n) is 4.51. The van der Waals surface area contributed by atoms with Gasteiger partial charge in [0.15, 0.2) is 11.6 Å². The minimum Gasteiger partial charge on any atom is -0.343 e. The molecule has 0 saturated carbocycles. The summed E-state index contributed by atoms with van der Waals surface area (Å²) in [5, 5.41) is 0.0394. The van der Waals surface area contributed by atoms with Crippen molar-refractivity contribution in [3.05, 3.63) is 71.4 Å². The predicted octanol–water partition coefficient (Wildman–Crippen LogP) is 4.33. The number of aromatic nitrogens is 1. The summed E-state index contributed by atoms with van der Waals surface area (Å²) >= 11 is 1.00. The van der Waals surface area contributed by atoms with Gasteiger partial charge >= 0.3 is 0 Å². The summed E-state index contributed by atoms with van der Waals surface area (Å²) in [4.78, 5) is 25.3.